The first-order valence-corrected chi connectivity index (χ1v) is 16.0. The zero-order valence-corrected chi connectivity index (χ0v) is 24.7. The molecule has 0 spiro atoms. The van der Waals surface area contributed by atoms with Crippen molar-refractivity contribution in [2.45, 2.75) is 64.0 Å². The molecule has 6 nitrogen and oxygen atoms in total. The molecule has 3 aliphatic rings. The SMILES string of the molecule is CCCc1ccccc1C1COc2ccc3cc2N(C1)CC1CCC1C(C=O)/C=C/CC(C)C(C)S(=O)NC3=O. The Morgan fingerprint density at radius 2 is 1.95 bits per heavy atom. The highest BCUT2D eigenvalue weighted by Crippen LogP contribution is 2.43. The van der Waals surface area contributed by atoms with E-state index >= 15 is 0 Å². The number of ether oxygens (including phenoxy) is 1. The Hall–Kier alpha value is -2.93. The van der Waals surface area contributed by atoms with E-state index < -0.39 is 11.0 Å². The fourth-order valence-corrected chi connectivity index (χ4v) is 7.44. The highest BCUT2D eigenvalue weighted by atomic mass is 32.2. The molecule has 2 heterocycles. The number of rotatable bonds is 4. The maximum absolute atomic E-state index is 13.2. The third-order valence-electron chi connectivity index (χ3n) is 9.24. The zero-order chi connectivity index (χ0) is 28.2. The summed E-state index contributed by atoms with van der Waals surface area (Å²) in [6.07, 6.45) is 10.2. The second kappa shape index (κ2) is 12.7. The zero-order valence-electron chi connectivity index (χ0n) is 23.9. The Morgan fingerprint density at radius 3 is 2.70 bits per heavy atom. The molecular formula is C33H42N2O4S. The van der Waals surface area contributed by atoms with Crippen molar-refractivity contribution in [3.05, 3.63) is 71.3 Å². The number of benzene rings is 2. The summed E-state index contributed by atoms with van der Waals surface area (Å²) in [6, 6.07) is 14.2. The van der Waals surface area contributed by atoms with E-state index in [0.29, 0.717) is 30.4 Å². The van der Waals surface area contributed by atoms with Crippen LogP contribution in [0.25, 0.3) is 0 Å². The van der Waals surface area contributed by atoms with Crippen molar-refractivity contribution in [2.24, 2.45) is 23.7 Å². The molecule has 1 N–H and O–H groups in total. The maximum atomic E-state index is 13.2. The lowest BCUT2D eigenvalue weighted by molar-refractivity contribution is -0.112. The van der Waals surface area contributed by atoms with Crippen LogP contribution in [-0.4, -0.2) is 41.3 Å². The summed E-state index contributed by atoms with van der Waals surface area (Å²) in [5, 5.41) is -0.225. The van der Waals surface area contributed by atoms with Crippen molar-refractivity contribution < 1.29 is 18.5 Å². The van der Waals surface area contributed by atoms with Crippen molar-refractivity contribution in [3.8, 4) is 5.75 Å². The van der Waals surface area contributed by atoms with E-state index in [-0.39, 0.29) is 28.9 Å². The molecule has 2 bridgehead atoms. The number of allylic oxidation sites excluding steroid dienone is 2. The standard InChI is InChI=1S/C33H42N2O4S/c1-4-8-24-10-5-6-12-29(24)28-19-35-18-26-13-15-30(26)27(20-36)11-7-9-22(2)23(3)40(38)34-33(37)25-14-16-32(39-21-28)31(35)17-25/h5-7,10-12,14,16-17,20,22-23,26-28,30H,4,8-9,13,15,18-19,21H2,1-3H3,(H,34,37)/b11-7+. The smallest absolute Gasteiger partial charge is 0.263 e. The average molecular weight is 563 g/mol. The first-order valence-electron chi connectivity index (χ1n) is 14.8. The van der Waals surface area contributed by atoms with E-state index in [2.05, 4.69) is 53.0 Å². The third-order valence-corrected chi connectivity index (χ3v) is 10.8. The van der Waals surface area contributed by atoms with Gasteiger partial charge in [0.2, 0.25) is 0 Å². The fourth-order valence-electron chi connectivity index (χ4n) is 6.42. The van der Waals surface area contributed by atoms with Crippen molar-refractivity contribution in [3.63, 3.8) is 0 Å². The lowest BCUT2D eigenvalue weighted by Gasteiger charge is -2.43. The molecule has 214 valence electrons. The third kappa shape index (κ3) is 6.04. The molecule has 2 aromatic rings. The minimum atomic E-state index is -1.53. The molecule has 1 amide bonds. The van der Waals surface area contributed by atoms with Crippen LogP contribution in [-0.2, 0) is 22.2 Å². The Balaban J connectivity index is 1.53. The molecular weight excluding hydrogens is 520 g/mol. The van der Waals surface area contributed by atoms with Crippen LogP contribution >= 0.6 is 0 Å². The van der Waals surface area contributed by atoms with Crippen LogP contribution in [0, 0.1) is 23.7 Å². The number of amides is 1. The van der Waals surface area contributed by atoms with Crippen molar-refractivity contribution in [1.82, 2.24) is 4.72 Å². The second-order valence-electron chi connectivity index (χ2n) is 11.8. The predicted octanol–water partition coefficient (Wildman–Crippen LogP) is 5.84. The van der Waals surface area contributed by atoms with Gasteiger partial charge in [0.1, 0.15) is 23.0 Å². The number of hydrogen-bond donors (Lipinski definition) is 1. The van der Waals surface area contributed by atoms with Gasteiger partial charge in [-0.2, -0.15) is 0 Å². The summed E-state index contributed by atoms with van der Waals surface area (Å²) in [7, 11) is -1.53. The normalized spacial score (nSPS) is 31.5. The number of nitrogens with one attached hydrogen (secondary N) is 1. The van der Waals surface area contributed by atoms with E-state index in [0.717, 1.165) is 56.5 Å². The quantitative estimate of drug-likeness (QED) is 0.374. The average Bonchev–Trinajstić information content (AvgIpc) is 3.13. The van der Waals surface area contributed by atoms with Gasteiger partial charge in [-0.05, 0) is 79.7 Å². The highest BCUT2D eigenvalue weighted by molar-refractivity contribution is 7.84. The molecule has 40 heavy (non-hydrogen) atoms. The van der Waals surface area contributed by atoms with Gasteiger partial charge in [0.15, 0.2) is 0 Å². The van der Waals surface area contributed by atoms with Gasteiger partial charge in [-0.15, -0.1) is 0 Å². The topological polar surface area (TPSA) is 75.7 Å². The maximum Gasteiger partial charge on any atom is 0.263 e. The molecule has 0 radical (unpaired) electrons. The first kappa shape index (κ1) is 28.6. The number of hydrogen-bond acceptors (Lipinski definition) is 5. The molecule has 0 aromatic heterocycles. The Kier molecular flexibility index (Phi) is 9.09. The number of carbonyl (C=O) groups excluding carboxylic acids is 2. The predicted molar refractivity (Wildman–Crippen MR) is 161 cm³/mol. The van der Waals surface area contributed by atoms with Crippen LogP contribution in [0.1, 0.15) is 73.9 Å². The van der Waals surface area contributed by atoms with Crippen LogP contribution in [0.3, 0.4) is 0 Å². The number of anilines is 1. The van der Waals surface area contributed by atoms with E-state index in [1.165, 1.54) is 11.1 Å². The minimum Gasteiger partial charge on any atom is -0.491 e. The summed E-state index contributed by atoms with van der Waals surface area (Å²) in [6.45, 7) is 8.28. The van der Waals surface area contributed by atoms with Gasteiger partial charge in [0.25, 0.3) is 5.91 Å². The summed E-state index contributed by atoms with van der Waals surface area (Å²) in [5.74, 6) is 1.26. The van der Waals surface area contributed by atoms with Crippen LogP contribution in [0.4, 0.5) is 5.69 Å². The number of aldehydes is 1. The Morgan fingerprint density at radius 1 is 1.12 bits per heavy atom. The Labute approximate surface area is 241 Å². The second-order valence-corrected chi connectivity index (χ2v) is 13.4. The van der Waals surface area contributed by atoms with Crippen LogP contribution in [0.2, 0.25) is 0 Å². The summed E-state index contributed by atoms with van der Waals surface area (Å²) in [5.41, 5.74) is 4.05. The fraction of sp³-hybridized carbons (Fsp3) is 0.515. The largest absolute Gasteiger partial charge is 0.491 e. The monoisotopic (exact) mass is 562 g/mol. The van der Waals surface area contributed by atoms with Gasteiger partial charge in [0.05, 0.1) is 17.5 Å². The molecule has 5 rings (SSSR count). The van der Waals surface area contributed by atoms with Crippen LogP contribution < -0.4 is 14.4 Å². The van der Waals surface area contributed by atoms with Gasteiger partial charge in [-0.25, -0.2) is 4.21 Å². The molecule has 1 saturated carbocycles. The molecule has 2 aromatic carbocycles. The number of aryl methyl sites for hydroxylation is 1. The van der Waals surface area contributed by atoms with Gasteiger partial charge in [-0.1, -0.05) is 56.7 Å². The number of nitrogens with zero attached hydrogens (tertiary/aromatic N) is 1. The van der Waals surface area contributed by atoms with Crippen LogP contribution in [0.5, 0.6) is 5.75 Å². The van der Waals surface area contributed by atoms with E-state index in [9.17, 15) is 13.8 Å². The molecule has 1 aliphatic carbocycles. The van der Waals surface area contributed by atoms with E-state index in [1.807, 2.05) is 26.0 Å². The summed E-state index contributed by atoms with van der Waals surface area (Å²) in [4.78, 5) is 27.8. The Bertz CT molecular complexity index is 1280. The molecule has 7 unspecified atom stereocenters. The van der Waals surface area contributed by atoms with Crippen molar-refractivity contribution in [2.75, 3.05) is 24.6 Å². The minimum absolute atomic E-state index is 0.0956. The van der Waals surface area contributed by atoms with Gasteiger partial charge in [0, 0.05) is 30.5 Å². The first-order chi connectivity index (χ1) is 19.4. The van der Waals surface area contributed by atoms with Gasteiger partial charge in [-0.3, -0.25) is 9.52 Å². The van der Waals surface area contributed by atoms with E-state index in [1.54, 1.807) is 6.07 Å². The molecule has 1 fully saturated rings. The lowest BCUT2D eigenvalue weighted by Crippen LogP contribution is -2.42. The highest BCUT2D eigenvalue weighted by Gasteiger charge is 2.38. The van der Waals surface area contributed by atoms with Crippen LogP contribution in [0.15, 0.2) is 54.6 Å². The summed E-state index contributed by atoms with van der Waals surface area (Å²) >= 11 is 0. The number of carbonyl (C=O) groups is 2. The van der Waals surface area contributed by atoms with Gasteiger partial charge >= 0.3 is 0 Å². The van der Waals surface area contributed by atoms with E-state index in [4.69, 9.17) is 4.74 Å². The molecule has 2 aliphatic heterocycles. The van der Waals surface area contributed by atoms with Gasteiger partial charge < -0.3 is 14.4 Å². The molecule has 0 saturated heterocycles. The molecule has 7 heteroatoms. The van der Waals surface area contributed by atoms with Crippen molar-refractivity contribution >= 4 is 28.9 Å². The summed E-state index contributed by atoms with van der Waals surface area (Å²) < 4.78 is 22.2. The van der Waals surface area contributed by atoms with Crippen molar-refractivity contribution in [1.29, 1.82) is 0 Å². The number of fused-ring (bicyclic) bond motifs is 2. The molecule has 7 atom stereocenters. The lowest BCUT2D eigenvalue weighted by atomic mass is 9.67.